The zero-order valence-electron chi connectivity index (χ0n) is 13.9. The molecule has 0 fully saturated rings. The van der Waals surface area contributed by atoms with Crippen LogP contribution in [0.25, 0.3) is 10.2 Å². The summed E-state index contributed by atoms with van der Waals surface area (Å²) in [6, 6.07) is 12.4. The molecule has 0 saturated carbocycles. The third-order valence-corrected chi connectivity index (χ3v) is 7.01. The van der Waals surface area contributed by atoms with Crippen molar-refractivity contribution in [2.45, 2.75) is 22.7 Å². The molecule has 1 N–H and O–H groups in total. The highest BCUT2D eigenvalue weighted by molar-refractivity contribution is 8.01. The van der Waals surface area contributed by atoms with Gasteiger partial charge in [-0.05, 0) is 30.0 Å². The van der Waals surface area contributed by atoms with Gasteiger partial charge in [-0.15, -0.1) is 11.3 Å². The Morgan fingerprint density at radius 2 is 2.04 bits per heavy atom. The first-order chi connectivity index (χ1) is 12.0. The van der Waals surface area contributed by atoms with Gasteiger partial charge >= 0.3 is 0 Å². The van der Waals surface area contributed by atoms with E-state index in [0.29, 0.717) is 5.75 Å². The minimum Gasteiger partial charge on any atom is -0.496 e. The van der Waals surface area contributed by atoms with Crippen molar-refractivity contribution in [1.82, 2.24) is 9.71 Å². The third-order valence-electron chi connectivity index (χ3n) is 3.56. The normalized spacial score (nSPS) is 11.8. The summed E-state index contributed by atoms with van der Waals surface area (Å²) in [4.78, 5) is 4.73. The van der Waals surface area contributed by atoms with Crippen molar-refractivity contribution in [3.8, 4) is 5.75 Å². The van der Waals surface area contributed by atoms with E-state index in [0.717, 1.165) is 25.9 Å². The summed E-state index contributed by atoms with van der Waals surface area (Å²) in [5.41, 5.74) is 1.61. The number of rotatable bonds is 7. The van der Waals surface area contributed by atoms with Crippen LogP contribution < -0.4 is 9.46 Å². The molecule has 132 valence electrons. The molecule has 0 saturated heterocycles. The van der Waals surface area contributed by atoms with E-state index in [2.05, 4.69) is 16.6 Å². The summed E-state index contributed by atoms with van der Waals surface area (Å²) in [5, 5.41) is 0. The van der Waals surface area contributed by atoms with Crippen LogP contribution in [0.3, 0.4) is 0 Å². The Balaban J connectivity index is 1.83. The Morgan fingerprint density at radius 1 is 1.24 bits per heavy atom. The lowest BCUT2D eigenvalue weighted by Gasteiger charge is -2.10. The van der Waals surface area contributed by atoms with Gasteiger partial charge < -0.3 is 4.74 Å². The van der Waals surface area contributed by atoms with Crippen LogP contribution in [0.4, 0.5) is 0 Å². The molecule has 8 heteroatoms. The van der Waals surface area contributed by atoms with Gasteiger partial charge in [0.2, 0.25) is 10.0 Å². The smallest absolute Gasteiger partial charge is 0.240 e. The Hall–Kier alpha value is -1.61. The fourth-order valence-corrected chi connectivity index (χ4v) is 5.45. The van der Waals surface area contributed by atoms with Crippen LogP contribution in [-0.2, 0) is 16.6 Å². The highest BCUT2D eigenvalue weighted by Gasteiger charge is 2.16. The molecule has 0 aliphatic carbocycles. The number of fused-ring (bicyclic) bond motifs is 1. The van der Waals surface area contributed by atoms with Crippen LogP contribution in [-0.4, -0.2) is 26.3 Å². The molecular formula is C17H18N2O3S3. The number of para-hydroxylation sites is 1. The minimum absolute atomic E-state index is 0.171. The number of hydrogen-bond donors (Lipinski definition) is 1. The summed E-state index contributed by atoms with van der Waals surface area (Å²) in [6.07, 6.45) is 0. The number of aromatic nitrogens is 1. The Labute approximate surface area is 155 Å². The number of thiazole rings is 1. The molecule has 2 aromatic carbocycles. The molecule has 1 aromatic heterocycles. The Morgan fingerprint density at radius 3 is 2.80 bits per heavy atom. The topological polar surface area (TPSA) is 68.3 Å². The molecule has 0 amide bonds. The number of benzene rings is 2. The molecule has 3 rings (SSSR count). The number of thioether (sulfide) groups is 1. The molecule has 0 radical (unpaired) electrons. The number of sulfonamides is 1. The second kappa shape index (κ2) is 7.74. The summed E-state index contributed by atoms with van der Waals surface area (Å²) >= 11 is 3.17. The van der Waals surface area contributed by atoms with E-state index in [4.69, 9.17) is 4.74 Å². The Bertz CT molecular complexity index is 984. The van der Waals surface area contributed by atoms with Gasteiger partial charge in [0, 0.05) is 12.1 Å². The van der Waals surface area contributed by atoms with Gasteiger partial charge in [-0.3, -0.25) is 0 Å². The SMILES string of the molecule is CCSc1nc2ccc(S(=O)(=O)NCc3ccccc3OC)cc2s1. The van der Waals surface area contributed by atoms with Crippen molar-refractivity contribution in [3.05, 3.63) is 48.0 Å². The molecule has 0 aliphatic rings. The number of nitrogens with one attached hydrogen (secondary N) is 1. The van der Waals surface area contributed by atoms with E-state index < -0.39 is 10.0 Å². The van der Waals surface area contributed by atoms with Gasteiger partial charge in [-0.25, -0.2) is 18.1 Å². The molecule has 0 bridgehead atoms. The summed E-state index contributed by atoms with van der Waals surface area (Å²) in [5.74, 6) is 1.59. The third kappa shape index (κ3) is 4.14. The van der Waals surface area contributed by atoms with Crippen molar-refractivity contribution in [1.29, 1.82) is 0 Å². The first-order valence-electron chi connectivity index (χ1n) is 7.68. The molecule has 5 nitrogen and oxygen atoms in total. The van der Waals surface area contributed by atoms with E-state index in [1.54, 1.807) is 43.1 Å². The number of nitrogens with zero attached hydrogens (tertiary/aromatic N) is 1. The second-order valence-corrected chi connectivity index (χ2v) is 9.49. The molecule has 1 heterocycles. The molecule has 0 atom stereocenters. The quantitative estimate of drug-likeness (QED) is 0.616. The second-order valence-electron chi connectivity index (χ2n) is 5.18. The van der Waals surface area contributed by atoms with Gasteiger partial charge in [0.15, 0.2) is 4.34 Å². The number of methoxy groups -OCH3 is 1. The number of ether oxygens (including phenoxy) is 1. The summed E-state index contributed by atoms with van der Waals surface area (Å²) in [7, 11) is -2.04. The van der Waals surface area contributed by atoms with Gasteiger partial charge in [-0.2, -0.15) is 0 Å². The molecule has 3 aromatic rings. The zero-order chi connectivity index (χ0) is 17.9. The van der Waals surface area contributed by atoms with E-state index in [9.17, 15) is 8.42 Å². The maximum atomic E-state index is 12.6. The van der Waals surface area contributed by atoms with Crippen molar-refractivity contribution >= 4 is 43.3 Å². The maximum Gasteiger partial charge on any atom is 0.240 e. The van der Waals surface area contributed by atoms with Gasteiger partial charge in [-0.1, -0.05) is 36.9 Å². The van der Waals surface area contributed by atoms with Crippen LogP contribution in [0.2, 0.25) is 0 Å². The average Bonchev–Trinajstić information content (AvgIpc) is 3.02. The lowest BCUT2D eigenvalue weighted by molar-refractivity contribution is 0.409. The van der Waals surface area contributed by atoms with Gasteiger partial charge in [0.05, 0.1) is 22.2 Å². The predicted octanol–water partition coefficient (Wildman–Crippen LogP) is 3.90. The van der Waals surface area contributed by atoms with E-state index >= 15 is 0 Å². The molecule has 25 heavy (non-hydrogen) atoms. The lowest BCUT2D eigenvalue weighted by Crippen LogP contribution is -2.23. The summed E-state index contributed by atoms with van der Waals surface area (Å²) in [6.45, 7) is 2.23. The van der Waals surface area contributed by atoms with Crippen LogP contribution in [0, 0.1) is 0 Å². The van der Waals surface area contributed by atoms with Gasteiger partial charge in [0.25, 0.3) is 0 Å². The average molecular weight is 395 g/mol. The molecular weight excluding hydrogens is 376 g/mol. The van der Waals surface area contributed by atoms with Crippen LogP contribution in [0.5, 0.6) is 5.75 Å². The van der Waals surface area contributed by atoms with Crippen molar-refractivity contribution in [2.75, 3.05) is 12.9 Å². The van der Waals surface area contributed by atoms with Crippen LogP contribution in [0.1, 0.15) is 12.5 Å². The summed E-state index contributed by atoms with van der Waals surface area (Å²) < 4.78 is 34.9. The monoisotopic (exact) mass is 394 g/mol. The minimum atomic E-state index is -3.61. The predicted molar refractivity (Wildman–Crippen MR) is 103 cm³/mol. The van der Waals surface area contributed by atoms with Crippen LogP contribution in [0.15, 0.2) is 51.7 Å². The highest BCUT2D eigenvalue weighted by atomic mass is 32.2. The number of hydrogen-bond acceptors (Lipinski definition) is 6. The lowest BCUT2D eigenvalue weighted by atomic mass is 10.2. The highest BCUT2D eigenvalue weighted by Crippen LogP contribution is 2.31. The molecule has 0 unspecified atom stereocenters. The standard InChI is InChI=1S/C17H18N2O3S3/c1-3-23-17-19-14-9-8-13(10-16(14)24-17)25(20,21)18-11-12-6-4-5-7-15(12)22-2/h4-10,18H,3,11H2,1-2H3. The van der Waals surface area contributed by atoms with Gasteiger partial charge in [0.1, 0.15) is 5.75 Å². The van der Waals surface area contributed by atoms with Crippen molar-refractivity contribution < 1.29 is 13.2 Å². The fourth-order valence-electron chi connectivity index (χ4n) is 2.34. The fraction of sp³-hybridized carbons (Fsp3) is 0.235. The van der Waals surface area contributed by atoms with Crippen molar-refractivity contribution in [3.63, 3.8) is 0 Å². The molecule has 0 spiro atoms. The Kier molecular flexibility index (Phi) is 5.63. The largest absolute Gasteiger partial charge is 0.496 e. The first kappa shape index (κ1) is 18.2. The zero-order valence-corrected chi connectivity index (χ0v) is 16.3. The van der Waals surface area contributed by atoms with E-state index in [1.807, 2.05) is 18.2 Å². The maximum absolute atomic E-state index is 12.6. The molecule has 0 aliphatic heterocycles. The first-order valence-corrected chi connectivity index (χ1v) is 11.0. The van der Waals surface area contributed by atoms with E-state index in [1.165, 1.54) is 11.3 Å². The van der Waals surface area contributed by atoms with Crippen molar-refractivity contribution in [2.24, 2.45) is 0 Å². The van der Waals surface area contributed by atoms with Crippen LogP contribution >= 0.6 is 23.1 Å². The van der Waals surface area contributed by atoms with E-state index in [-0.39, 0.29) is 11.4 Å².